The van der Waals surface area contributed by atoms with Crippen molar-refractivity contribution in [2.24, 2.45) is 5.92 Å². The zero-order valence-corrected chi connectivity index (χ0v) is 9.05. The van der Waals surface area contributed by atoms with Crippen molar-refractivity contribution in [3.05, 3.63) is 23.7 Å². The second-order valence-electron chi connectivity index (χ2n) is 4.29. The first kappa shape index (κ1) is 9.78. The molecule has 1 saturated heterocycles. The molecule has 1 aromatic heterocycles. The summed E-state index contributed by atoms with van der Waals surface area (Å²) in [4.78, 5) is 0. The highest BCUT2D eigenvalue weighted by molar-refractivity contribution is 5.11. The molecule has 14 heavy (non-hydrogen) atoms. The molecule has 0 saturated carbocycles. The molecular formula is C12H19NO. The van der Waals surface area contributed by atoms with E-state index < -0.39 is 0 Å². The first-order valence-electron chi connectivity index (χ1n) is 5.61. The zero-order valence-electron chi connectivity index (χ0n) is 9.05. The maximum atomic E-state index is 5.76. The van der Waals surface area contributed by atoms with Gasteiger partial charge in [-0.25, -0.2) is 0 Å². The second-order valence-corrected chi connectivity index (χ2v) is 4.29. The van der Waals surface area contributed by atoms with Crippen molar-refractivity contribution in [3.8, 4) is 0 Å². The van der Waals surface area contributed by atoms with Gasteiger partial charge in [0.05, 0.1) is 6.04 Å². The van der Waals surface area contributed by atoms with Crippen LogP contribution < -0.4 is 5.32 Å². The summed E-state index contributed by atoms with van der Waals surface area (Å²) in [6.07, 6.45) is 3.48. The highest BCUT2D eigenvalue weighted by Crippen LogP contribution is 2.28. The Hall–Kier alpha value is -0.760. The van der Waals surface area contributed by atoms with E-state index in [9.17, 15) is 0 Å². The van der Waals surface area contributed by atoms with Gasteiger partial charge in [-0.15, -0.1) is 0 Å². The first-order valence-corrected chi connectivity index (χ1v) is 5.61. The van der Waals surface area contributed by atoms with Gasteiger partial charge in [0.2, 0.25) is 0 Å². The number of aryl methyl sites for hydroxylation is 1. The minimum absolute atomic E-state index is 0.444. The third kappa shape index (κ3) is 2.01. The van der Waals surface area contributed by atoms with Crippen LogP contribution in [0.3, 0.4) is 0 Å². The summed E-state index contributed by atoms with van der Waals surface area (Å²) in [5.74, 6) is 3.03. The van der Waals surface area contributed by atoms with Gasteiger partial charge >= 0.3 is 0 Å². The van der Waals surface area contributed by atoms with Gasteiger partial charge < -0.3 is 9.73 Å². The summed E-state index contributed by atoms with van der Waals surface area (Å²) >= 11 is 0. The van der Waals surface area contributed by atoms with Crippen LogP contribution in [0.2, 0.25) is 0 Å². The molecule has 2 heterocycles. The van der Waals surface area contributed by atoms with E-state index in [2.05, 4.69) is 31.3 Å². The van der Waals surface area contributed by atoms with Gasteiger partial charge in [-0.3, -0.25) is 0 Å². The number of hydrogen-bond acceptors (Lipinski definition) is 2. The SMILES string of the molecule is CCc1ccc([C@@H]2C[C@@H](C)CCN2)o1. The molecule has 0 radical (unpaired) electrons. The number of piperidine rings is 1. The van der Waals surface area contributed by atoms with Crippen molar-refractivity contribution >= 4 is 0 Å². The third-order valence-electron chi connectivity index (χ3n) is 3.04. The van der Waals surface area contributed by atoms with E-state index >= 15 is 0 Å². The molecule has 0 aliphatic carbocycles. The smallest absolute Gasteiger partial charge is 0.121 e. The first-order chi connectivity index (χ1) is 6.79. The summed E-state index contributed by atoms with van der Waals surface area (Å²) in [6, 6.07) is 4.66. The molecule has 1 N–H and O–H groups in total. The lowest BCUT2D eigenvalue weighted by atomic mass is 9.93. The minimum Gasteiger partial charge on any atom is -0.464 e. The van der Waals surface area contributed by atoms with Crippen LogP contribution >= 0.6 is 0 Å². The Morgan fingerprint density at radius 3 is 3.00 bits per heavy atom. The summed E-state index contributed by atoms with van der Waals surface area (Å²) in [5.41, 5.74) is 0. The highest BCUT2D eigenvalue weighted by atomic mass is 16.3. The van der Waals surface area contributed by atoms with Gasteiger partial charge in [-0.05, 0) is 37.4 Å². The molecule has 78 valence electrons. The molecule has 1 aliphatic rings. The quantitative estimate of drug-likeness (QED) is 0.781. The molecule has 0 amide bonds. The monoisotopic (exact) mass is 193 g/mol. The lowest BCUT2D eigenvalue weighted by Crippen LogP contribution is -2.30. The van der Waals surface area contributed by atoms with Crippen molar-refractivity contribution in [1.82, 2.24) is 5.32 Å². The molecule has 0 spiro atoms. The van der Waals surface area contributed by atoms with E-state index in [4.69, 9.17) is 4.42 Å². The van der Waals surface area contributed by atoms with E-state index in [-0.39, 0.29) is 0 Å². The van der Waals surface area contributed by atoms with Crippen molar-refractivity contribution in [3.63, 3.8) is 0 Å². The Morgan fingerprint density at radius 1 is 1.50 bits per heavy atom. The average molecular weight is 193 g/mol. The van der Waals surface area contributed by atoms with Crippen LogP contribution in [-0.4, -0.2) is 6.54 Å². The summed E-state index contributed by atoms with van der Waals surface area (Å²) in [7, 11) is 0. The number of hydrogen-bond donors (Lipinski definition) is 1. The Labute approximate surface area is 85.7 Å². The van der Waals surface area contributed by atoms with Gasteiger partial charge in [0.1, 0.15) is 11.5 Å². The van der Waals surface area contributed by atoms with Gasteiger partial charge in [0.15, 0.2) is 0 Å². The molecule has 2 heteroatoms. The maximum Gasteiger partial charge on any atom is 0.121 e. The summed E-state index contributed by atoms with van der Waals surface area (Å²) < 4.78 is 5.76. The molecule has 1 aliphatic heterocycles. The van der Waals surface area contributed by atoms with E-state index in [1.807, 2.05) is 0 Å². The topological polar surface area (TPSA) is 25.2 Å². The Balaban J connectivity index is 2.06. The third-order valence-corrected chi connectivity index (χ3v) is 3.04. The van der Waals surface area contributed by atoms with E-state index in [1.165, 1.54) is 12.8 Å². The fourth-order valence-electron chi connectivity index (χ4n) is 2.10. The van der Waals surface area contributed by atoms with E-state index in [1.54, 1.807) is 0 Å². The van der Waals surface area contributed by atoms with Crippen LogP contribution in [0.1, 0.15) is 44.3 Å². The van der Waals surface area contributed by atoms with Gasteiger partial charge in [-0.1, -0.05) is 13.8 Å². The van der Waals surface area contributed by atoms with Crippen LogP contribution in [-0.2, 0) is 6.42 Å². The fourth-order valence-corrected chi connectivity index (χ4v) is 2.10. The van der Waals surface area contributed by atoms with Crippen LogP contribution in [0.15, 0.2) is 16.5 Å². The molecule has 2 rings (SSSR count). The molecule has 1 fully saturated rings. The van der Waals surface area contributed by atoms with Gasteiger partial charge in [0, 0.05) is 6.42 Å². The standard InChI is InChI=1S/C12H19NO/c1-3-10-4-5-12(14-10)11-8-9(2)6-7-13-11/h4-5,9,11,13H,3,6-8H2,1-2H3/t9-,11-/m0/s1. The van der Waals surface area contributed by atoms with E-state index in [0.717, 1.165) is 30.4 Å². The second kappa shape index (κ2) is 4.18. The summed E-state index contributed by atoms with van der Waals surface area (Å²) in [5, 5.41) is 3.51. The van der Waals surface area contributed by atoms with Gasteiger partial charge in [-0.2, -0.15) is 0 Å². The lowest BCUT2D eigenvalue weighted by molar-refractivity contribution is 0.285. The van der Waals surface area contributed by atoms with Crippen molar-refractivity contribution < 1.29 is 4.42 Å². The predicted molar refractivity (Wildman–Crippen MR) is 57.2 cm³/mol. The van der Waals surface area contributed by atoms with Crippen LogP contribution in [0.4, 0.5) is 0 Å². The molecule has 0 unspecified atom stereocenters. The maximum absolute atomic E-state index is 5.76. The van der Waals surface area contributed by atoms with Crippen LogP contribution in [0.5, 0.6) is 0 Å². The molecule has 0 bridgehead atoms. The van der Waals surface area contributed by atoms with E-state index in [0.29, 0.717) is 6.04 Å². The predicted octanol–water partition coefficient (Wildman–Crippen LogP) is 2.90. The number of nitrogens with one attached hydrogen (secondary N) is 1. The Bertz CT molecular complexity index is 292. The molecular weight excluding hydrogens is 174 g/mol. The Morgan fingerprint density at radius 2 is 2.36 bits per heavy atom. The molecule has 0 aromatic carbocycles. The minimum atomic E-state index is 0.444. The summed E-state index contributed by atoms with van der Waals surface area (Å²) in [6.45, 7) is 5.56. The normalized spacial score (nSPS) is 27.9. The highest BCUT2D eigenvalue weighted by Gasteiger charge is 2.21. The molecule has 2 atom stereocenters. The van der Waals surface area contributed by atoms with Crippen molar-refractivity contribution in [2.45, 2.75) is 39.2 Å². The van der Waals surface area contributed by atoms with Crippen molar-refractivity contribution in [2.75, 3.05) is 6.54 Å². The van der Waals surface area contributed by atoms with Crippen molar-refractivity contribution in [1.29, 1.82) is 0 Å². The molecule has 2 nitrogen and oxygen atoms in total. The fraction of sp³-hybridized carbons (Fsp3) is 0.667. The van der Waals surface area contributed by atoms with Crippen LogP contribution in [0, 0.1) is 5.92 Å². The Kier molecular flexibility index (Phi) is 2.92. The van der Waals surface area contributed by atoms with Crippen LogP contribution in [0.25, 0.3) is 0 Å². The zero-order chi connectivity index (χ0) is 9.97. The lowest BCUT2D eigenvalue weighted by Gasteiger charge is -2.26. The largest absolute Gasteiger partial charge is 0.464 e. The number of furan rings is 1. The number of rotatable bonds is 2. The van der Waals surface area contributed by atoms with Gasteiger partial charge in [0.25, 0.3) is 0 Å². The molecule has 1 aromatic rings. The average Bonchev–Trinajstić information content (AvgIpc) is 2.66.